The summed E-state index contributed by atoms with van der Waals surface area (Å²) in [7, 11) is 0. The molecule has 18 heavy (non-hydrogen) atoms. The zero-order valence-corrected chi connectivity index (χ0v) is 10.3. The Balaban J connectivity index is 1.76. The summed E-state index contributed by atoms with van der Waals surface area (Å²) in [5, 5.41) is 7.31. The fraction of sp³-hybridized carbons (Fsp3) is 0.500. The molecule has 2 aromatic rings. The number of nitrogens with zero attached hydrogens (tertiary/aromatic N) is 3. The molecule has 0 saturated carbocycles. The van der Waals surface area contributed by atoms with E-state index in [4.69, 9.17) is 8.94 Å². The van der Waals surface area contributed by atoms with Gasteiger partial charge in [-0.2, -0.15) is 4.98 Å². The van der Waals surface area contributed by atoms with Gasteiger partial charge in [0.1, 0.15) is 6.26 Å². The van der Waals surface area contributed by atoms with Crippen LogP contribution in [0.1, 0.15) is 18.9 Å². The van der Waals surface area contributed by atoms with E-state index >= 15 is 0 Å². The van der Waals surface area contributed by atoms with E-state index < -0.39 is 0 Å². The molecule has 0 spiro atoms. The normalized spacial score (nSPS) is 18.9. The molecule has 3 heterocycles. The molecule has 6 nitrogen and oxygen atoms in total. The first-order valence-electron chi connectivity index (χ1n) is 6.15. The number of piperazine rings is 1. The van der Waals surface area contributed by atoms with E-state index in [1.165, 1.54) is 0 Å². The molecule has 96 valence electrons. The number of aromatic nitrogens is 2. The maximum absolute atomic E-state index is 5.34. The Morgan fingerprint density at radius 2 is 2.22 bits per heavy atom. The molecule has 0 aliphatic carbocycles. The summed E-state index contributed by atoms with van der Waals surface area (Å²) < 4.78 is 10.4. The zero-order valence-electron chi connectivity index (χ0n) is 10.3. The Labute approximate surface area is 105 Å². The van der Waals surface area contributed by atoms with E-state index in [-0.39, 0.29) is 6.04 Å². The van der Waals surface area contributed by atoms with Crippen LogP contribution in [0, 0.1) is 0 Å². The molecule has 0 bridgehead atoms. The molecule has 1 aliphatic heterocycles. The van der Waals surface area contributed by atoms with Crippen molar-refractivity contribution in [1.29, 1.82) is 0 Å². The molecular formula is C12H16N4O2. The van der Waals surface area contributed by atoms with Crippen LogP contribution in [0.15, 0.2) is 27.5 Å². The molecule has 1 fully saturated rings. The van der Waals surface area contributed by atoms with Gasteiger partial charge in [-0.1, -0.05) is 5.16 Å². The highest BCUT2D eigenvalue weighted by Gasteiger charge is 2.23. The Hall–Kier alpha value is -1.66. The van der Waals surface area contributed by atoms with Crippen molar-refractivity contribution in [3.63, 3.8) is 0 Å². The lowest BCUT2D eigenvalue weighted by Crippen LogP contribution is -2.44. The Bertz CT molecular complexity index is 488. The van der Waals surface area contributed by atoms with Gasteiger partial charge in [-0.25, -0.2) is 0 Å². The lowest BCUT2D eigenvalue weighted by Gasteiger charge is -2.30. The van der Waals surface area contributed by atoms with Gasteiger partial charge in [0, 0.05) is 26.2 Å². The van der Waals surface area contributed by atoms with Gasteiger partial charge in [0.05, 0.1) is 17.9 Å². The third-order valence-corrected chi connectivity index (χ3v) is 3.28. The van der Waals surface area contributed by atoms with E-state index in [1.54, 1.807) is 12.5 Å². The van der Waals surface area contributed by atoms with Gasteiger partial charge in [0.15, 0.2) is 0 Å². The topological polar surface area (TPSA) is 67.3 Å². The molecule has 0 aromatic carbocycles. The smallest absolute Gasteiger partial charge is 0.244 e. The second-order valence-electron chi connectivity index (χ2n) is 4.43. The van der Waals surface area contributed by atoms with E-state index in [0.29, 0.717) is 11.7 Å². The summed E-state index contributed by atoms with van der Waals surface area (Å²) in [6.45, 7) is 6.12. The summed E-state index contributed by atoms with van der Waals surface area (Å²) in [6, 6.07) is 1.98. The highest BCUT2D eigenvalue weighted by atomic mass is 16.5. The van der Waals surface area contributed by atoms with Crippen LogP contribution >= 0.6 is 0 Å². The fourth-order valence-corrected chi connectivity index (χ4v) is 2.14. The van der Waals surface area contributed by atoms with Gasteiger partial charge in [-0.15, -0.1) is 0 Å². The first-order valence-corrected chi connectivity index (χ1v) is 6.15. The van der Waals surface area contributed by atoms with E-state index in [0.717, 1.165) is 31.7 Å². The minimum Gasteiger partial charge on any atom is -0.472 e. The molecule has 1 atom stereocenters. The Morgan fingerprint density at radius 1 is 1.39 bits per heavy atom. The molecule has 0 radical (unpaired) electrons. The molecule has 0 amide bonds. The Kier molecular flexibility index (Phi) is 3.12. The summed E-state index contributed by atoms with van der Waals surface area (Å²) in [5.74, 6) is 1.24. The van der Waals surface area contributed by atoms with Gasteiger partial charge in [0.25, 0.3) is 0 Å². The minimum absolute atomic E-state index is 0.153. The van der Waals surface area contributed by atoms with Crippen molar-refractivity contribution in [2.24, 2.45) is 0 Å². The van der Waals surface area contributed by atoms with Gasteiger partial charge >= 0.3 is 0 Å². The van der Waals surface area contributed by atoms with Crippen molar-refractivity contribution in [1.82, 2.24) is 20.4 Å². The summed E-state index contributed by atoms with van der Waals surface area (Å²) >= 11 is 0. The number of hydrogen-bond donors (Lipinski definition) is 1. The van der Waals surface area contributed by atoms with Crippen LogP contribution in [0.25, 0.3) is 11.4 Å². The molecule has 1 saturated heterocycles. The van der Waals surface area contributed by atoms with Crippen LogP contribution < -0.4 is 5.32 Å². The average Bonchev–Trinajstić information content (AvgIpc) is 3.09. The predicted octanol–water partition coefficient (Wildman–Crippen LogP) is 1.30. The molecular weight excluding hydrogens is 232 g/mol. The number of rotatable bonds is 3. The molecule has 2 aromatic heterocycles. The average molecular weight is 248 g/mol. The van der Waals surface area contributed by atoms with Gasteiger partial charge in [0.2, 0.25) is 11.7 Å². The molecule has 1 N–H and O–H groups in total. The maximum atomic E-state index is 5.34. The van der Waals surface area contributed by atoms with Crippen LogP contribution in [0.4, 0.5) is 0 Å². The summed E-state index contributed by atoms with van der Waals surface area (Å²) in [5.41, 5.74) is 0.845. The summed E-state index contributed by atoms with van der Waals surface area (Å²) in [4.78, 5) is 6.76. The fourth-order valence-electron chi connectivity index (χ4n) is 2.14. The van der Waals surface area contributed by atoms with Crippen molar-refractivity contribution in [3.8, 4) is 11.4 Å². The molecule has 3 rings (SSSR count). The predicted molar refractivity (Wildman–Crippen MR) is 64.9 cm³/mol. The van der Waals surface area contributed by atoms with Gasteiger partial charge in [-0.05, 0) is 13.0 Å². The number of hydrogen-bond acceptors (Lipinski definition) is 6. The lowest BCUT2D eigenvalue weighted by atomic mass is 10.2. The standard InChI is InChI=1S/C12H16N4O2/c1-9(16-5-3-13-4-6-16)12-14-11(15-18-12)10-2-7-17-8-10/h2,7-9,13H,3-6H2,1H3. The van der Waals surface area contributed by atoms with E-state index in [1.807, 2.05) is 6.07 Å². The van der Waals surface area contributed by atoms with Crippen molar-refractivity contribution >= 4 is 0 Å². The first kappa shape index (κ1) is 11.4. The largest absolute Gasteiger partial charge is 0.472 e. The lowest BCUT2D eigenvalue weighted by molar-refractivity contribution is 0.154. The van der Waals surface area contributed by atoms with E-state index in [9.17, 15) is 0 Å². The zero-order chi connectivity index (χ0) is 12.4. The van der Waals surface area contributed by atoms with E-state index in [2.05, 4.69) is 27.3 Å². The summed E-state index contributed by atoms with van der Waals surface area (Å²) in [6.07, 6.45) is 3.22. The van der Waals surface area contributed by atoms with Crippen LogP contribution in [0.5, 0.6) is 0 Å². The quantitative estimate of drug-likeness (QED) is 0.883. The van der Waals surface area contributed by atoms with Gasteiger partial charge in [-0.3, -0.25) is 4.90 Å². The second kappa shape index (κ2) is 4.91. The maximum Gasteiger partial charge on any atom is 0.244 e. The van der Waals surface area contributed by atoms with Crippen LogP contribution in [0.2, 0.25) is 0 Å². The molecule has 6 heteroatoms. The van der Waals surface area contributed by atoms with Crippen molar-refractivity contribution < 1.29 is 8.94 Å². The van der Waals surface area contributed by atoms with Crippen LogP contribution in [-0.4, -0.2) is 41.2 Å². The highest BCUT2D eigenvalue weighted by Crippen LogP contribution is 2.22. The number of nitrogens with one attached hydrogen (secondary N) is 1. The number of furan rings is 1. The third kappa shape index (κ3) is 2.16. The SMILES string of the molecule is CC(c1nc(-c2ccoc2)no1)N1CCNCC1. The molecule has 1 aliphatic rings. The van der Waals surface area contributed by atoms with Crippen molar-refractivity contribution in [3.05, 3.63) is 24.5 Å². The minimum atomic E-state index is 0.153. The van der Waals surface area contributed by atoms with Gasteiger partial charge < -0.3 is 14.3 Å². The third-order valence-electron chi connectivity index (χ3n) is 3.28. The van der Waals surface area contributed by atoms with Crippen molar-refractivity contribution in [2.75, 3.05) is 26.2 Å². The van der Waals surface area contributed by atoms with Crippen LogP contribution in [0.3, 0.4) is 0 Å². The second-order valence-corrected chi connectivity index (χ2v) is 4.43. The highest BCUT2D eigenvalue weighted by molar-refractivity contribution is 5.51. The monoisotopic (exact) mass is 248 g/mol. The Morgan fingerprint density at radius 3 is 2.94 bits per heavy atom. The molecule has 1 unspecified atom stereocenters. The van der Waals surface area contributed by atoms with Crippen molar-refractivity contribution in [2.45, 2.75) is 13.0 Å². The first-order chi connectivity index (χ1) is 8.84. The van der Waals surface area contributed by atoms with Crippen LogP contribution in [-0.2, 0) is 0 Å².